The molecule has 0 atom stereocenters. The Morgan fingerprint density at radius 3 is 2.20 bits per heavy atom. The Hall–Kier alpha value is -0.520. The first kappa shape index (κ1) is 9.48. The van der Waals surface area contributed by atoms with E-state index in [0.29, 0.717) is 0 Å². The summed E-state index contributed by atoms with van der Waals surface area (Å²) in [6.45, 7) is 8.71. The molecule has 0 aromatic rings. The van der Waals surface area contributed by atoms with E-state index < -0.39 is 0 Å². The van der Waals surface area contributed by atoms with E-state index >= 15 is 0 Å². The summed E-state index contributed by atoms with van der Waals surface area (Å²) in [5.41, 5.74) is 2.91. The van der Waals surface area contributed by atoms with Crippen LogP contribution in [0.15, 0.2) is 23.3 Å². The molecule has 0 aliphatic heterocycles. The van der Waals surface area contributed by atoms with Crippen molar-refractivity contribution in [3.8, 4) is 0 Å². The highest BCUT2D eigenvalue weighted by Crippen LogP contribution is 2.08. The molecule has 0 unspecified atom stereocenters. The molecule has 0 aliphatic rings. The smallest absolute Gasteiger partial charge is 0.0346 e. The van der Waals surface area contributed by atoms with E-state index in [1.807, 2.05) is 0 Å². The number of allylic oxidation sites excluding steroid dienone is 4. The van der Waals surface area contributed by atoms with Gasteiger partial charge in [-0.25, -0.2) is 0 Å². The monoisotopic (exact) mass is 138 g/mol. The van der Waals surface area contributed by atoms with Gasteiger partial charge in [0, 0.05) is 0 Å². The van der Waals surface area contributed by atoms with Gasteiger partial charge in [-0.15, -0.1) is 0 Å². The fourth-order valence-electron chi connectivity index (χ4n) is 0.716. The molecule has 0 nitrogen and oxygen atoms in total. The normalized spacial score (nSPS) is 14.0. The molecular formula is C10H18. The topological polar surface area (TPSA) is 0 Å². The van der Waals surface area contributed by atoms with Crippen LogP contribution in [-0.2, 0) is 0 Å². The summed E-state index contributed by atoms with van der Waals surface area (Å²) in [6.07, 6.45) is 6.71. The van der Waals surface area contributed by atoms with Crippen LogP contribution in [0.1, 0.15) is 40.5 Å². The van der Waals surface area contributed by atoms with Gasteiger partial charge in [0.15, 0.2) is 0 Å². The molecule has 0 saturated heterocycles. The first-order valence-corrected chi connectivity index (χ1v) is 4.05. The van der Waals surface area contributed by atoms with E-state index in [1.54, 1.807) is 0 Å². The third-order valence-electron chi connectivity index (χ3n) is 1.81. The van der Waals surface area contributed by atoms with E-state index in [1.165, 1.54) is 17.6 Å². The Balaban J connectivity index is 4.04. The zero-order valence-corrected chi connectivity index (χ0v) is 7.57. The van der Waals surface area contributed by atoms with E-state index in [2.05, 4.69) is 39.8 Å². The lowest BCUT2D eigenvalue weighted by molar-refractivity contribution is 1.07. The van der Waals surface area contributed by atoms with Crippen molar-refractivity contribution in [3.05, 3.63) is 23.3 Å². The molecule has 0 aliphatic carbocycles. The maximum atomic E-state index is 2.21. The number of hydrogen-bond acceptors (Lipinski definition) is 0. The Bertz CT molecular complexity index is 138. The van der Waals surface area contributed by atoms with Crippen molar-refractivity contribution in [2.24, 2.45) is 0 Å². The van der Waals surface area contributed by atoms with Crippen LogP contribution in [0.25, 0.3) is 0 Å². The van der Waals surface area contributed by atoms with Gasteiger partial charge in [0.2, 0.25) is 0 Å². The highest BCUT2D eigenvalue weighted by atomic mass is 13.9. The lowest BCUT2D eigenvalue weighted by atomic mass is 10.1. The number of rotatable bonds is 3. The third-order valence-corrected chi connectivity index (χ3v) is 1.81. The van der Waals surface area contributed by atoms with E-state index in [-0.39, 0.29) is 0 Å². The zero-order valence-electron chi connectivity index (χ0n) is 7.57. The van der Waals surface area contributed by atoms with Crippen LogP contribution < -0.4 is 0 Å². The molecular weight excluding hydrogens is 120 g/mol. The van der Waals surface area contributed by atoms with Crippen LogP contribution in [0.2, 0.25) is 0 Å². The summed E-state index contributed by atoms with van der Waals surface area (Å²) in [5.74, 6) is 0. The van der Waals surface area contributed by atoms with Crippen LogP contribution in [0.4, 0.5) is 0 Å². The van der Waals surface area contributed by atoms with Gasteiger partial charge in [-0.3, -0.25) is 0 Å². The predicted molar refractivity (Wildman–Crippen MR) is 48.1 cm³/mol. The molecule has 0 bridgehead atoms. The molecule has 0 radical (unpaired) electrons. The molecule has 0 N–H and O–H groups in total. The molecule has 10 heavy (non-hydrogen) atoms. The molecule has 0 aromatic heterocycles. The summed E-state index contributed by atoms with van der Waals surface area (Å²) in [6, 6.07) is 0. The fourth-order valence-corrected chi connectivity index (χ4v) is 0.716. The molecule has 0 fully saturated rings. The Kier molecular flexibility index (Phi) is 5.00. The van der Waals surface area contributed by atoms with Gasteiger partial charge in [0.1, 0.15) is 0 Å². The van der Waals surface area contributed by atoms with Crippen LogP contribution in [0, 0.1) is 0 Å². The first-order chi connectivity index (χ1) is 4.72. The predicted octanol–water partition coefficient (Wildman–Crippen LogP) is 3.70. The minimum atomic E-state index is 1.13. The molecule has 0 amide bonds. The second kappa shape index (κ2) is 5.28. The zero-order chi connectivity index (χ0) is 7.98. The van der Waals surface area contributed by atoms with E-state index in [9.17, 15) is 0 Å². The van der Waals surface area contributed by atoms with Gasteiger partial charge in [-0.05, 0) is 26.7 Å². The molecule has 58 valence electrons. The van der Waals surface area contributed by atoms with Gasteiger partial charge < -0.3 is 0 Å². The molecule has 0 saturated carbocycles. The Morgan fingerprint density at radius 1 is 1.20 bits per heavy atom. The maximum absolute atomic E-state index is 2.21. The van der Waals surface area contributed by atoms with Crippen molar-refractivity contribution in [2.45, 2.75) is 40.5 Å². The second-order valence-corrected chi connectivity index (χ2v) is 2.63. The van der Waals surface area contributed by atoms with Crippen LogP contribution in [-0.4, -0.2) is 0 Å². The summed E-state index contributed by atoms with van der Waals surface area (Å²) in [5, 5.41) is 0. The molecule has 0 heteroatoms. The molecule has 0 aromatic carbocycles. The highest BCUT2D eigenvalue weighted by molar-refractivity contribution is 5.21. The van der Waals surface area contributed by atoms with Crippen LogP contribution in [0.5, 0.6) is 0 Å². The lowest BCUT2D eigenvalue weighted by Gasteiger charge is -1.97. The summed E-state index contributed by atoms with van der Waals surface area (Å²) >= 11 is 0. The number of hydrogen-bond donors (Lipinski definition) is 0. The standard InChI is InChI=1S/C10H18/c1-5-7-8-10(4)9(3)6-2/h7-8H,5-6H2,1-4H3/b8-7-,10-9+. The first-order valence-electron chi connectivity index (χ1n) is 4.05. The third kappa shape index (κ3) is 3.49. The van der Waals surface area contributed by atoms with Crippen molar-refractivity contribution in [2.75, 3.05) is 0 Å². The van der Waals surface area contributed by atoms with Gasteiger partial charge in [0.05, 0.1) is 0 Å². The van der Waals surface area contributed by atoms with Crippen molar-refractivity contribution in [3.63, 3.8) is 0 Å². The van der Waals surface area contributed by atoms with Crippen molar-refractivity contribution >= 4 is 0 Å². The highest BCUT2D eigenvalue weighted by Gasteiger charge is 1.87. The lowest BCUT2D eigenvalue weighted by Crippen LogP contribution is -1.77. The SMILES string of the molecule is CC/C=C\C(C)=C(/C)CC. The molecule has 0 spiro atoms. The van der Waals surface area contributed by atoms with Gasteiger partial charge in [0.25, 0.3) is 0 Å². The summed E-state index contributed by atoms with van der Waals surface area (Å²) < 4.78 is 0. The summed E-state index contributed by atoms with van der Waals surface area (Å²) in [4.78, 5) is 0. The molecule has 0 heterocycles. The van der Waals surface area contributed by atoms with Crippen LogP contribution >= 0.6 is 0 Å². The van der Waals surface area contributed by atoms with E-state index in [4.69, 9.17) is 0 Å². The quantitative estimate of drug-likeness (QED) is 0.522. The Morgan fingerprint density at radius 2 is 1.80 bits per heavy atom. The average Bonchev–Trinajstić information content (AvgIpc) is 1.98. The minimum Gasteiger partial charge on any atom is -0.0845 e. The maximum Gasteiger partial charge on any atom is -0.0346 e. The van der Waals surface area contributed by atoms with Gasteiger partial charge in [-0.2, -0.15) is 0 Å². The second-order valence-electron chi connectivity index (χ2n) is 2.63. The van der Waals surface area contributed by atoms with Crippen LogP contribution in [0.3, 0.4) is 0 Å². The van der Waals surface area contributed by atoms with Crippen molar-refractivity contribution in [1.29, 1.82) is 0 Å². The molecule has 0 rings (SSSR count). The van der Waals surface area contributed by atoms with Crippen molar-refractivity contribution < 1.29 is 0 Å². The van der Waals surface area contributed by atoms with E-state index in [0.717, 1.165) is 6.42 Å². The Labute approximate surface area is 64.6 Å². The summed E-state index contributed by atoms with van der Waals surface area (Å²) in [7, 11) is 0. The van der Waals surface area contributed by atoms with Crippen molar-refractivity contribution in [1.82, 2.24) is 0 Å². The largest absolute Gasteiger partial charge is 0.0845 e. The average molecular weight is 138 g/mol. The fraction of sp³-hybridized carbons (Fsp3) is 0.600. The minimum absolute atomic E-state index is 1.13. The van der Waals surface area contributed by atoms with Gasteiger partial charge in [-0.1, -0.05) is 37.1 Å². The van der Waals surface area contributed by atoms with Gasteiger partial charge >= 0.3 is 0 Å².